The van der Waals surface area contributed by atoms with E-state index in [0.717, 1.165) is 23.2 Å². The van der Waals surface area contributed by atoms with E-state index in [2.05, 4.69) is 5.10 Å². The lowest BCUT2D eigenvalue weighted by molar-refractivity contribution is -0.394. The second-order valence-corrected chi connectivity index (χ2v) is 7.52. The van der Waals surface area contributed by atoms with E-state index in [1.807, 2.05) is 0 Å². The van der Waals surface area contributed by atoms with Gasteiger partial charge < -0.3 is 9.84 Å². The first kappa shape index (κ1) is 23.8. The molecule has 0 aromatic heterocycles. The van der Waals surface area contributed by atoms with Crippen molar-refractivity contribution in [3.05, 3.63) is 104 Å². The van der Waals surface area contributed by atoms with E-state index in [9.17, 15) is 34.9 Å². The van der Waals surface area contributed by atoms with E-state index in [1.165, 1.54) is 30.3 Å². The minimum atomic E-state index is -1.15. The first-order valence-electron chi connectivity index (χ1n) is 10.3. The van der Waals surface area contributed by atoms with Crippen LogP contribution in [0.15, 0.2) is 77.4 Å². The number of nitrogens with zero attached hydrogens (tertiary/aromatic N) is 4. The summed E-state index contributed by atoms with van der Waals surface area (Å²) in [6, 6.07) is 15.2. The number of non-ortho nitro benzene ring substituents is 1. The highest BCUT2D eigenvalue weighted by molar-refractivity contribution is 6.32. The molecule has 1 amide bonds. The molecule has 0 fully saturated rings. The van der Waals surface area contributed by atoms with Crippen molar-refractivity contribution in [3.8, 4) is 11.5 Å². The molecular formula is C24H16N4O8. The summed E-state index contributed by atoms with van der Waals surface area (Å²) in [4.78, 5) is 45.3. The van der Waals surface area contributed by atoms with Crippen LogP contribution in [0, 0.1) is 20.2 Å². The molecule has 4 rings (SSSR count). The molecule has 180 valence electrons. The Kier molecular flexibility index (Phi) is 6.24. The van der Waals surface area contributed by atoms with Gasteiger partial charge in [-0.3, -0.25) is 25.0 Å². The summed E-state index contributed by atoms with van der Waals surface area (Å²) in [6.07, 6.45) is 1.49. The van der Waals surface area contributed by atoms with Gasteiger partial charge in [0.25, 0.3) is 11.6 Å². The van der Waals surface area contributed by atoms with E-state index in [1.54, 1.807) is 31.2 Å². The van der Waals surface area contributed by atoms with Crippen LogP contribution in [0.3, 0.4) is 0 Å². The highest BCUT2D eigenvalue weighted by Gasteiger charge is 2.29. The van der Waals surface area contributed by atoms with Gasteiger partial charge in [-0.25, -0.2) is 4.79 Å². The quantitative estimate of drug-likeness (QED) is 0.281. The van der Waals surface area contributed by atoms with Gasteiger partial charge in [-0.1, -0.05) is 24.3 Å². The van der Waals surface area contributed by atoms with Crippen LogP contribution < -0.4 is 9.75 Å². The van der Waals surface area contributed by atoms with Gasteiger partial charge in [0.1, 0.15) is 5.75 Å². The highest BCUT2D eigenvalue weighted by Crippen LogP contribution is 2.36. The number of hydrogen-bond donors (Lipinski definition) is 1. The van der Waals surface area contributed by atoms with Crippen molar-refractivity contribution in [1.82, 2.24) is 0 Å². The number of rotatable bonds is 7. The molecule has 1 heterocycles. The molecule has 1 aliphatic rings. The maximum Gasteiger partial charge on any atom is 0.335 e. The Hall–Kier alpha value is -5.39. The van der Waals surface area contributed by atoms with Crippen LogP contribution in [0.1, 0.15) is 22.8 Å². The van der Waals surface area contributed by atoms with E-state index < -0.39 is 33.1 Å². The van der Waals surface area contributed by atoms with E-state index >= 15 is 0 Å². The summed E-state index contributed by atoms with van der Waals surface area (Å²) >= 11 is 0. The minimum absolute atomic E-state index is 0.00554. The van der Waals surface area contributed by atoms with Crippen molar-refractivity contribution in [2.45, 2.75) is 6.92 Å². The van der Waals surface area contributed by atoms with Crippen LogP contribution >= 0.6 is 0 Å². The van der Waals surface area contributed by atoms with Crippen LogP contribution in [0.5, 0.6) is 11.5 Å². The SMILES string of the molecule is CC1=NN(c2cccc(C(=O)O)c2)C(=O)/C1=C/c1ccccc1Oc1ccc([N+](=O)[O-])cc1[N+](=O)[O-]. The first-order valence-corrected chi connectivity index (χ1v) is 10.3. The van der Waals surface area contributed by atoms with Crippen molar-refractivity contribution < 1.29 is 29.3 Å². The zero-order valence-corrected chi connectivity index (χ0v) is 18.5. The molecule has 0 aliphatic carbocycles. The molecule has 12 nitrogen and oxygen atoms in total. The van der Waals surface area contributed by atoms with Gasteiger partial charge >= 0.3 is 11.7 Å². The number of nitro benzene ring substituents is 2. The fourth-order valence-electron chi connectivity index (χ4n) is 3.44. The lowest BCUT2D eigenvalue weighted by Gasteiger charge is -2.12. The third kappa shape index (κ3) is 4.63. The number of hydrogen-bond acceptors (Lipinski definition) is 8. The number of carboxylic acid groups (broad SMARTS) is 1. The summed E-state index contributed by atoms with van der Waals surface area (Å²) in [5, 5.41) is 37.0. The molecular weight excluding hydrogens is 472 g/mol. The summed E-state index contributed by atoms with van der Waals surface area (Å²) in [5.41, 5.74) is 0.166. The number of carbonyl (C=O) groups excluding carboxylic acids is 1. The Balaban J connectivity index is 1.68. The molecule has 0 saturated heterocycles. The number of carboxylic acids is 1. The second kappa shape index (κ2) is 9.46. The molecule has 3 aromatic rings. The van der Waals surface area contributed by atoms with E-state index in [0.29, 0.717) is 11.3 Å². The summed E-state index contributed by atoms with van der Waals surface area (Å²) in [5.74, 6) is -1.71. The Morgan fingerprint density at radius 1 is 1.00 bits per heavy atom. The molecule has 0 unspecified atom stereocenters. The number of ether oxygens (including phenoxy) is 1. The molecule has 3 aromatic carbocycles. The third-order valence-electron chi connectivity index (χ3n) is 5.19. The number of hydrazone groups is 1. The molecule has 1 N–H and O–H groups in total. The average Bonchev–Trinajstić information content (AvgIpc) is 3.13. The van der Waals surface area contributed by atoms with Gasteiger partial charge in [-0.05, 0) is 43.3 Å². The number of anilines is 1. The summed E-state index contributed by atoms with van der Waals surface area (Å²) < 4.78 is 5.73. The number of aromatic carboxylic acids is 1. The van der Waals surface area contributed by atoms with E-state index in [4.69, 9.17) is 4.74 Å². The smallest absolute Gasteiger partial charge is 0.335 e. The normalized spacial score (nSPS) is 14.0. The van der Waals surface area contributed by atoms with Crippen LogP contribution in [-0.2, 0) is 4.79 Å². The number of nitro groups is 2. The second-order valence-electron chi connectivity index (χ2n) is 7.52. The number of amides is 1. The summed E-state index contributed by atoms with van der Waals surface area (Å²) in [7, 11) is 0. The molecule has 1 aliphatic heterocycles. The topological polar surface area (TPSA) is 165 Å². The maximum atomic E-state index is 13.1. The number of benzene rings is 3. The van der Waals surface area contributed by atoms with Crippen molar-refractivity contribution in [3.63, 3.8) is 0 Å². The highest BCUT2D eigenvalue weighted by atomic mass is 16.6. The predicted molar refractivity (Wildman–Crippen MR) is 128 cm³/mol. The van der Waals surface area contributed by atoms with Gasteiger partial charge in [0.15, 0.2) is 0 Å². The maximum absolute atomic E-state index is 13.1. The van der Waals surface area contributed by atoms with Gasteiger partial charge in [0.2, 0.25) is 5.75 Å². The van der Waals surface area contributed by atoms with Gasteiger partial charge in [0.05, 0.1) is 38.4 Å². The van der Waals surface area contributed by atoms with Crippen LogP contribution in [-0.4, -0.2) is 32.5 Å². The Labute approximate surface area is 202 Å². The largest absolute Gasteiger partial charge is 0.478 e. The van der Waals surface area contributed by atoms with Crippen molar-refractivity contribution in [2.75, 3.05) is 5.01 Å². The molecule has 0 atom stereocenters. The van der Waals surface area contributed by atoms with Crippen molar-refractivity contribution in [1.29, 1.82) is 0 Å². The molecule has 0 saturated carbocycles. The van der Waals surface area contributed by atoms with Crippen LogP contribution in [0.25, 0.3) is 6.08 Å². The fraction of sp³-hybridized carbons (Fsp3) is 0.0417. The van der Waals surface area contributed by atoms with Crippen LogP contribution in [0.4, 0.5) is 17.1 Å². The molecule has 0 radical (unpaired) electrons. The zero-order valence-electron chi connectivity index (χ0n) is 18.5. The van der Waals surface area contributed by atoms with E-state index in [-0.39, 0.29) is 28.3 Å². The molecule has 36 heavy (non-hydrogen) atoms. The van der Waals surface area contributed by atoms with Crippen LogP contribution in [0.2, 0.25) is 0 Å². The van der Waals surface area contributed by atoms with Gasteiger partial charge in [0, 0.05) is 11.6 Å². The zero-order chi connectivity index (χ0) is 26.0. The number of carbonyl (C=O) groups is 2. The summed E-state index contributed by atoms with van der Waals surface area (Å²) in [6.45, 7) is 1.61. The molecule has 0 bridgehead atoms. The standard InChI is InChI=1S/C24H16N4O8/c1-14-19(23(29)26(25-14)17-7-4-6-16(11-17)24(30)31)12-15-5-2-3-8-21(15)36-22-10-9-18(27(32)33)13-20(22)28(34)35/h2-13H,1H3,(H,30,31)/b19-12+. The van der Waals surface area contributed by atoms with Gasteiger partial charge in [-0.2, -0.15) is 10.1 Å². The number of para-hydroxylation sites is 1. The van der Waals surface area contributed by atoms with Crippen molar-refractivity contribution in [2.24, 2.45) is 5.10 Å². The molecule has 0 spiro atoms. The lowest BCUT2D eigenvalue weighted by atomic mass is 10.1. The average molecular weight is 488 g/mol. The lowest BCUT2D eigenvalue weighted by Crippen LogP contribution is -2.21. The first-order chi connectivity index (χ1) is 17.2. The Morgan fingerprint density at radius 3 is 2.44 bits per heavy atom. The van der Waals surface area contributed by atoms with Crippen molar-refractivity contribution >= 4 is 40.7 Å². The monoisotopic (exact) mass is 488 g/mol. The fourth-order valence-corrected chi connectivity index (χ4v) is 3.44. The minimum Gasteiger partial charge on any atom is -0.478 e. The molecule has 12 heteroatoms. The third-order valence-corrected chi connectivity index (χ3v) is 5.19. The Bertz CT molecular complexity index is 1490. The van der Waals surface area contributed by atoms with Gasteiger partial charge in [-0.15, -0.1) is 0 Å². The Morgan fingerprint density at radius 2 is 1.75 bits per heavy atom. The predicted octanol–water partition coefficient (Wildman–Crippen LogP) is 4.80.